The van der Waals surface area contributed by atoms with E-state index in [1.807, 2.05) is 13.0 Å². The van der Waals surface area contributed by atoms with Gasteiger partial charge in [0.2, 0.25) is 5.78 Å². The lowest BCUT2D eigenvalue weighted by Crippen LogP contribution is -2.07. The fraction of sp³-hybridized carbons (Fsp3) is 0.333. The molecule has 0 saturated carbocycles. The van der Waals surface area contributed by atoms with Gasteiger partial charge in [-0.2, -0.15) is 0 Å². The molecule has 0 atom stereocenters. The van der Waals surface area contributed by atoms with E-state index in [0.717, 1.165) is 12.1 Å². The molecule has 1 rings (SSSR count). The van der Waals surface area contributed by atoms with Crippen molar-refractivity contribution in [2.45, 2.75) is 13.3 Å². The molecule has 0 bridgehead atoms. The molecule has 0 aliphatic rings. The molecule has 1 heterocycles. The van der Waals surface area contributed by atoms with Crippen LogP contribution in [0.2, 0.25) is 0 Å². The Morgan fingerprint density at radius 2 is 2.33 bits per heavy atom. The number of carbonyl (C=O) groups excluding carboxylic acids is 1. The van der Waals surface area contributed by atoms with E-state index in [2.05, 4.69) is 4.98 Å². The number of hydrogen-bond acceptors (Lipinski definition) is 3. The molecule has 64 valence electrons. The molecule has 0 radical (unpaired) electrons. The quantitative estimate of drug-likeness (QED) is 0.674. The molecule has 0 aliphatic heterocycles. The summed E-state index contributed by atoms with van der Waals surface area (Å²) in [6.45, 7) is 1.50. The van der Waals surface area contributed by atoms with Gasteiger partial charge in [-0.1, -0.05) is 13.0 Å². The van der Waals surface area contributed by atoms with Gasteiger partial charge >= 0.3 is 0 Å². The third-order valence-electron chi connectivity index (χ3n) is 1.60. The molecule has 0 saturated heterocycles. The largest absolute Gasteiger partial charge is 0.388 e. The predicted octanol–water partition coefficient (Wildman–Crippen LogP) is 0.819. The van der Waals surface area contributed by atoms with E-state index in [0.29, 0.717) is 5.69 Å². The van der Waals surface area contributed by atoms with Crippen LogP contribution >= 0.6 is 0 Å². The maximum Gasteiger partial charge on any atom is 0.206 e. The fourth-order valence-electron chi connectivity index (χ4n) is 0.913. The monoisotopic (exact) mass is 165 g/mol. The summed E-state index contributed by atoms with van der Waals surface area (Å²) in [4.78, 5) is 15.0. The van der Waals surface area contributed by atoms with Crippen LogP contribution in [0.1, 0.15) is 23.1 Å². The first-order valence-electron chi connectivity index (χ1n) is 3.88. The normalized spacial score (nSPS) is 9.83. The Kier molecular flexibility index (Phi) is 2.94. The number of aliphatic hydroxyl groups excluding tert-OH is 1. The predicted molar refractivity (Wildman–Crippen MR) is 45.0 cm³/mol. The maximum absolute atomic E-state index is 11.0. The summed E-state index contributed by atoms with van der Waals surface area (Å²) in [5, 5.41) is 8.56. The second-order valence-corrected chi connectivity index (χ2v) is 2.45. The number of nitrogens with zero attached hydrogens (tertiary/aromatic N) is 1. The molecule has 0 unspecified atom stereocenters. The van der Waals surface area contributed by atoms with Crippen LogP contribution in [0, 0.1) is 0 Å². The van der Waals surface area contributed by atoms with Gasteiger partial charge in [0.05, 0.1) is 0 Å². The smallest absolute Gasteiger partial charge is 0.206 e. The molecule has 0 aromatic carbocycles. The van der Waals surface area contributed by atoms with Crippen LogP contribution in [-0.4, -0.2) is 22.5 Å². The minimum atomic E-state index is -0.472. The average Bonchev–Trinajstić information content (AvgIpc) is 2.17. The molecule has 0 spiro atoms. The average molecular weight is 165 g/mol. The van der Waals surface area contributed by atoms with Crippen molar-refractivity contribution in [3.8, 4) is 0 Å². The first-order valence-corrected chi connectivity index (χ1v) is 3.88. The topological polar surface area (TPSA) is 50.2 Å². The highest BCUT2D eigenvalue weighted by Gasteiger charge is 2.04. The van der Waals surface area contributed by atoms with E-state index in [1.165, 1.54) is 0 Å². The first kappa shape index (κ1) is 8.87. The van der Waals surface area contributed by atoms with Gasteiger partial charge in [0, 0.05) is 5.69 Å². The number of hydrogen-bond donors (Lipinski definition) is 1. The van der Waals surface area contributed by atoms with Crippen molar-refractivity contribution in [3.05, 3.63) is 29.6 Å². The Labute approximate surface area is 71.1 Å². The third-order valence-corrected chi connectivity index (χ3v) is 1.60. The fourth-order valence-corrected chi connectivity index (χ4v) is 0.913. The van der Waals surface area contributed by atoms with Crippen LogP contribution in [0.25, 0.3) is 0 Å². The lowest BCUT2D eigenvalue weighted by atomic mass is 10.2. The van der Waals surface area contributed by atoms with Gasteiger partial charge in [0.1, 0.15) is 12.3 Å². The zero-order valence-corrected chi connectivity index (χ0v) is 6.95. The molecule has 0 amide bonds. The van der Waals surface area contributed by atoms with Crippen molar-refractivity contribution < 1.29 is 9.90 Å². The highest BCUT2D eigenvalue weighted by molar-refractivity contribution is 5.95. The van der Waals surface area contributed by atoms with Crippen molar-refractivity contribution in [2.24, 2.45) is 0 Å². The van der Waals surface area contributed by atoms with Crippen LogP contribution in [0.3, 0.4) is 0 Å². The Morgan fingerprint density at radius 3 is 2.92 bits per heavy atom. The molecule has 1 aromatic rings. The lowest BCUT2D eigenvalue weighted by molar-refractivity contribution is 0.0898. The standard InChI is InChI=1S/C9H11NO2/c1-2-7-4-3-5-8(10-7)9(12)6-11/h3-5,11H,2,6H2,1H3. The Hall–Kier alpha value is -1.22. The summed E-state index contributed by atoms with van der Waals surface area (Å²) in [6, 6.07) is 5.24. The molecule has 0 aliphatic carbocycles. The Balaban J connectivity index is 2.93. The van der Waals surface area contributed by atoms with Crippen LogP contribution in [-0.2, 0) is 6.42 Å². The van der Waals surface area contributed by atoms with E-state index in [-0.39, 0.29) is 5.78 Å². The van der Waals surface area contributed by atoms with E-state index in [4.69, 9.17) is 5.11 Å². The summed E-state index contributed by atoms with van der Waals surface area (Å²) in [7, 11) is 0. The SMILES string of the molecule is CCc1cccc(C(=O)CO)n1. The summed E-state index contributed by atoms with van der Waals surface area (Å²) in [5.41, 5.74) is 1.21. The minimum absolute atomic E-state index is 0.328. The minimum Gasteiger partial charge on any atom is -0.388 e. The number of pyridine rings is 1. The second kappa shape index (κ2) is 3.97. The summed E-state index contributed by atoms with van der Waals surface area (Å²) in [5.74, 6) is -0.328. The number of rotatable bonds is 3. The van der Waals surface area contributed by atoms with E-state index in [9.17, 15) is 4.79 Å². The third kappa shape index (κ3) is 1.89. The molecule has 12 heavy (non-hydrogen) atoms. The second-order valence-electron chi connectivity index (χ2n) is 2.45. The number of aromatic nitrogens is 1. The van der Waals surface area contributed by atoms with Crippen molar-refractivity contribution in [1.82, 2.24) is 4.98 Å². The number of carbonyl (C=O) groups is 1. The van der Waals surface area contributed by atoms with Gasteiger partial charge in [0.15, 0.2) is 0 Å². The molecule has 1 N–H and O–H groups in total. The number of aryl methyl sites for hydroxylation is 1. The number of Topliss-reactive ketones (excluding diaryl/α,β-unsaturated/α-hetero) is 1. The van der Waals surface area contributed by atoms with Gasteiger partial charge in [0.25, 0.3) is 0 Å². The van der Waals surface area contributed by atoms with Gasteiger partial charge in [-0.05, 0) is 18.6 Å². The number of aliphatic hydroxyl groups is 1. The lowest BCUT2D eigenvalue weighted by Gasteiger charge is -1.98. The molecular weight excluding hydrogens is 154 g/mol. The van der Waals surface area contributed by atoms with Crippen molar-refractivity contribution in [3.63, 3.8) is 0 Å². The maximum atomic E-state index is 11.0. The zero-order valence-electron chi connectivity index (χ0n) is 6.95. The van der Waals surface area contributed by atoms with Crippen molar-refractivity contribution in [2.75, 3.05) is 6.61 Å². The van der Waals surface area contributed by atoms with Gasteiger partial charge in [-0.25, -0.2) is 4.98 Å². The van der Waals surface area contributed by atoms with Crippen LogP contribution < -0.4 is 0 Å². The highest BCUT2D eigenvalue weighted by atomic mass is 16.3. The molecule has 3 heteroatoms. The van der Waals surface area contributed by atoms with E-state index in [1.54, 1.807) is 12.1 Å². The van der Waals surface area contributed by atoms with Gasteiger partial charge in [-0.15, -0.1) is 0 Å². The van der Waals surface area contributed by atoms with Gasteiger partial charge < -0.3 is 5.11 Å². The van der Waals surface area contributed by atoms with Crippen LogP contribution in [0.5, 0.6) is 0 Å². The molecule has 1 aromatic heterocycles. The summed E-state index contributed by atoms with van der Waals surface area (Å²) >= 11 is 0. The van der Waals surface area contributed by atoms with E-state index < -0.39 is 6.61 Å². The molecule has 0 fully saturated rings. The Bertz CT molecular complexity index is 284. The molecular formula is C9H11NO2. The van der Waals surface area contributed by atoms with E-state index >= 15 is 0 Å². The van der Waals surface area contributed by atoms with Gasteiger partial charge in [-0.3, -0.25) is 4.79 Å². The first-order chi connectivity index (χ1) is 5.77. The van der Waals surface area contributed by atoms with Crippen LogP contribution in [0.15, 0.2) is 18.2 Å². The van der Waals surface area contributed by atoms with Crippen molar-refractivity contribution in [1.29, 1.82) is 0 Å². The summed E-state index contributed by atoms with van der Waals surface area (Å²) in [6.07, 6.45) is 0.798. The zero-order chi connectivity index (χ0) is 8.97. The molecule has 3 nitrogen and oxygen atoms in total. The summed E-state index contributed by atoms with van der Waals surface area (Å²) < 4.78 is 0. The van der Waals surface area contributed by atoms with Crippen LogP contribution in [0.4, 0.5) is 0 Å². The van der Waals surface area contributed by atoms with Crippen molar-refractivity contribution >= 4 is 5.78 Å². The Morgan fingerprint density at radius 1 is 1.58 bits per heavy atom. The highest BCUT2D eigenvalue weighted by Crippen LogP contribution is 2.00. The number of ketones is 1.